The van der Waals surface area contributed by atoms with Gasteiger partial charge in [-0.1, -0.05) is 158 Å². The molecule has 10 aromatic carbocycles. The lowest BCUT2D eigenvalue weighted by atomic mass is 9.95. The van der Waals surface area contributed by atoms with E-state index >= 15 is 0 Å². The highest BCUT2D eigenvalue weighted by Crippen LogP contribution is 2.43. The van der Waals surface area contributed by atoms with Crippen LogP contribution in [0.15, 0.2) is 229 Å². The van der Waals surface area contributed by atoms with Crippen LogP contribution in [0.25, 0.3) is 97.4 Å². The molecule has 286 valence electrons. The van der Waals surface area contributed by atoms with Crippen LogP contribution in [0.1, 0.15) is 0 Å². The number of para-hydroxylation sites is 1. The Balaban J connectivity index is 0.971. The topological polar surface area (TPSA) is 16.4 Å². The lowest BCUT2D eigenvalue weighted by Gasteiger charge is -2.26. The molecule has 0 radical (unpaired) electrons. The Bertz CT molecular complexity index is 3430. The first-order valence-corrected chi connectivity index (χ1v) is 21.6. The van der Waals surface area contributed by atoms with E-state index in [1.807, 2.05) is 23.5 Å². The Labute approximate surface area is 357 Å². The first-order chi connectivity index (χ1) is 30.2. The molecule has 0 aliphatic carbocycles. The van der Waals surface area contributed by atoms with Crippen LogP contribution in [0.3, 0.4) is 0 Å². The van der Waals surface area contributed by atoms with Crippen LogP contribution in [0.5, 0.6) is 0 Å². The maximum absolute atomic E-state index is 6.27. The molecule has 0 N–H and O–H groups in total. The largest absolute Gasteiger partial charge is 0.456 e. The Morgan fingerprint density at radius 3 is 1.66 bits per heavy atom. The molecule has 12 aromatic rings. The van der Waals surface area contributed by atoms with Crippen molar-refractivity contribution in [2.24, 2.45) is 0 Å². The van der Waals surface area contributed by atoms with Gasteiger partial charge in [0.2, 0.25) is 0 Å². The summed E-state index contributed by atoms with van der Waals surface area (Å²) >= 11 is 1.86. The average Bonchev–Trinajstić information content (AvgIpc) is 3.91. The van der Waals surface area contributed by atoms with Crippen molar-refractivity contribution in [3.8, 4) is 44.5 Å². The quantitative estimate of drug-likeness (QED) is 0.160. The Hall–Kier alpha value is -7.72. The monoisotopic (exact) mass is 795 g/mol. The van der Waals surface area contributed by atoms with Crippen molar-refractivity contribution < 1.29 is 4.42 Å². The molecule has 61 heavy (non-hydrogen) atoms. The van der Waals surface area contributed by atoms with Crippen molar-refractivity contribution in [1.29, 1.82) is 0 Å². The van der Waals surface area contributed by atoms with Gasteiger partial charge in [-0.2, -0.15) is 0 Å². The van der Waals surface area contributed by atoms with Gasteiger partial charge < -0.3 is 9.32 Å². The molecular formula is C58H37NOS. The number of benzene rings is 10. The third-order valence-electron chi connectivity index (χ3n) is 12.1. The van der Waals surface area contributed by atoms with Gasteiger partial charge in [0.25, 0.3) is 0 Å². The van der Waals surface area contributed by atoms with Gasteiger partial charge >= 0.3 is 0 Å². The maximum atomic E-state index is 6.27. The first kappa shape index (κ1) is 35.2. The van der Waals surface area contributed by atoms with Crippen molar-refractivity contribution >= 4 is 81.3 Å². The van der Waals surface area contributed by atoms with Crippen LogP contribution < -0.4 is 4.90 Å². The van der Waals surface area contributed by atoms with E-state index < -0.39 is 0 Å². The minimum atomic E-state index is 0.900. The van der Waals surface area contributed by atoms with Crippen molar-refractivity contribution in [1.82, 2.24) is 0 Å². The Morgan fingerprint density at radius 2 is 0.852 bits per heavy atom. The molecule has 0 atom stereocenters. The number of fused-ring (bicyclic) bond motifs is 7. The molecule has 0 saturated heterocycles. The molecule has 3 heteroatoms. The first-order valence-electron chi connectivity index (χ1n) is 20.7. The summed E-state index contributed by atoms with van der Waals surface area (Å²) in [5.41, 5.74) is 14.6. The van der Waals surface area contributed by atoms with Crippen molar-refractivity contribution in [2.75, 3.05) is 4.90 Å². The third kappa shape index (κ3) is 6.09. The number of thiophene rings is 1. The van der Waals surface area contributed by atoms with Crippen molar-refractivity contribution in [2.45, 2.75) is 0 Å². The van der Waals surface area contributed by atoms with E-state index in [0.717, 1.165) is 55.7 Å². The standard InChI is InChI=1S/C58H37NOS/c1-2-18-47-38(12-1)13-9-21-48(47)43-16-7-14-41(36-43)42-15-8-17-46(37-42)59(44-32-28-39(29-33-44)49-22-10-25-54-57(49)51-19-3-5-24-53(51)60-54)45-34-30-40(31-35-45)50-23-11-27-56-58(50)52-20-4-6-26-55(52)61-56/h1-37H. The summed E-state index contributed by atoms with van der Waals surface area (Å²) < 4.78 is 8.89. The molecule has 0 fully saturated rings. The van der Waals surface area contributed by atoms with Gasteiger partial charge in [0, 0.05) is 48.0 Å². The Kier molecular flexibility index (Phi) is 8.39. The molecular weight excluding hydrogens is 759 g/mol. The zero-order valence-electron chi connectivity index (χ0n) is 33.1. The molecule has 0 unspecified atom stereocenters. The average molecular weight is 796 g/mol. The van der Waals surface area contributed by atoms with E-state index in [1.54, 1.807) is 0 Å². The molecule has 0 amide bonds. The summed E-state index contributed by atoms with van der Waals surface area (Å²) in [6.45, 7) is 0. The van der Waals surface area contributed by atoms with Crippen LogP contribution in [0, 0.1) is 0 Å². The number of anilines is 3. The summed E-state index contributed by atoms with van der Waals surface area (Å²) in [5, 5.41) is 7.41. The van der Waals surface area contributed by atoms with Crippen LogP contribution in [0.4, 0.5) is 17.1 Å². The lowest BCUT2D eigenvalue weighted by Crippen LogP contribution is -2.10. The van der Waals surface area contributed by atoms with E-state index in [4.69, 9.17) is 4.42 Å². The van der Waals surface area contributed by atoms with Gasteiger partial charge in [-0.15, -0.1) is 11.3 Å². The predicted octanol–water partition coefficient (Wildman–Crippen LogP) is 17.2. The highest BCUT2D eigenvalue weighted by molar-refractivity contribution is 7.25. The lowest BCUT2D eigenvalue weighted by molar-refractivity contribution is 0.669. The fourth-order valence-electron chi connectivity index (χ4n) is 9.23. The van der Waals surface area contributed by atoms with Crippen LogP contribution >= 0.6 is 11.3 Å². The predicted molar refractivity (Wildman–Crippen MR) is 261 cm³/mol. The molecule has 2 heterocycles. The van der Waals surface area contributed by atoms with Crippen molar-refractivity contribution in [3.63, 3.8) is 0 Å². The fraction of sp³-hybridized carbons (Fsp3) is 0. The highest BCUT2D eigenvalue weighted by atomic mass is 32.1. The van der Waals surface area contributed by atoms with Gasteiger partial charge in [0.05, 0.1) is 0 Å². The molecule has 0 spiro atoms. The smallest absolute Gasteiger partial charge is 0.136 e. The molecule has 0 aliphatic heterocycles. The van der Waals surface area contributed by atoms with E-state index in [1.165, 1.54) is 58.8 Å². The van der Waals surface area contributed by atoms with Gasteiger partial charge in [0.15, 0.2) is 0 Å². The molecule has 0 aliphatic rings. The number of rotatable bonds is 7. The number of nitrogens with zero attached hydrogens (tertiary/aromatic N) is 1. The zero-order chi connectivity index (χ0) is 40.3. The van der Waals surface area contributed by atoms with E-state index in [-0.39, 0.29) is 0 Å². The minimum Gasteiger partial charge on any atom is -0.456 e. The van der Waals surface area contributed by atoms with Gasteiger partial charge in [0.1, 0.15) is 11.2 Å². The molecule has 2 aromatic heterocycles. The number of furan rings is 1. The second-order valence-corrected chi connectivity index (χ2v) is 16.7. The summed E-state index contributed by atoms with van der Waals surface area (Å²) in [5.74, 6) is 0. The third-order valence-corrected chi connectivity index (χ3v) is 13.2. The molecule has 0 bridgehead atoms. The second-order valence-electron chi connectivity index (χ2n) is 15.6. The SMILES string of the molecule is c1cc(-c2cccc(N(c3ccc(-c4cccc5oc6ccccc6c45)cc3)c3ccc(-c4cccc5sc6ccccc6c45)cc3)c2)cc(-c2cccc3ccccc23)c1. The summed E-state index contributed by atoms with van der Waals surface area (Å²) in [7, 11) is 0. The zero-order valence-corrected chi connectivity index (χ0v) is 33.9. The molecule has 0 saturated carbocycles. The minimum absolute atomic E-state index is 0.900. The molecule has 12 rings (SSSR count). The van der Waals surface area contributed by atoms with Crippen LogP contribution in [-0.4, -0.2) is 0 Å². The maximum Gasteiger partial charge on any atom is 0.136 e. The molecule has 2 nitrogen and oxygen atoms in total. The van der Waals surface area contributed by atoms with Crippen molar-refractivity contribution in [3.05, 3.63) is 224 Å². The van der Waals surface area contributed by atoms with Gasteiger partial charge in [-0.25, -0.2) is 0 Å². The number of hydrogen-bond acceptors (Lipinski definition) is 3. The second kappa shape index (κ2) is 14.5. The van der Waals surface area contributed by atoms with E-state index in [0.29, 0.717) is 0 Å². The van der Waals surface area contributed by atoms with E-state index in [9.17, 15) is 0 Å². The fourth-order valence-corrected chi connectivity index (χ4v) is 10.4. The Morgan fingerprint density at radius 1 is 0.311 bits per heavy atom. The van der Waals surface area contributed by atoms with Gasteiger partial charge in [-0.3, -0.25) is 0 Å². The van der Waals surface area contributed by atoms with Gasteiger partial charge in [-0.05, 0) is 122 Å². The summed E-state index contributed by atoms with van der Waals surface area (Å²) in [6.07, 6.45) is 0. The van der Waals surface area contributed by atoms with Crippen LogP contribution in [0.2, 0.25) is 0 Å². The highest BCUT2D eigenvalue weighted by Gasteiger charge is 2.18. The van der Waals surface area contributed by atoms with Crippen LogP contribution in [-0.2, 0) is 0 Å². The number of hydrogen-bond donors (Lipinski definition) is 0. The summed E-state index contributed by atoms with van der Waals surface area (Å²) in [4.78, 5) is 2.38. The van der Waals surface area contributed by atoms with E-state index in [2.05, 4.69) is 217 Å². The normalized spacial score (nSPS) is 11.6. The summed E-state index contributed by atoms with van der Waals surface area (Å²) in [6, 6.07) is 81.2.